The van der Waals surface area contributed by atoms with Crippen molar-refractivity contribution >= 4 is 0 Å². The van der Waals surface area contributed by atoms with Gasteiger partial charge < -0.3 is 5.32 Å². The van der Waals surface area contributed by atoms with Crippen LogP contribution in [0.4, 0.5) is 0 Å². The summed E-state index contributed by atoms with van der Waals surface area (Å²) in [7, 11) is 0. The normalized spacial score (nSPS) is 43.7. The average Bonchev–Trinajstić information content (AvgIpc) is 2.79. The molecule has 0 aromatic rings. The SMILES string of the molecule is CC1CC(C)(C)CC2(CCNCC2C2CCCC2)C1. The van der Waals surface area contributed by atoms with E-state index in [4.69, 9.17) is 0 Å². The van der Waals surface area contributed by atoms with Crippen LogP contribution in [0.25, 0.3) is 0 Å². The summed E-state index contributed by atoms with van der Waals surface area (Å²) in [6, 6.07) is 0. The molecule has 3 aliphatic rings. The first kappa shape index (κ1) is 13.9. The van der Waals surface area contributed by atoms with Crippen molar-refractivity contribution in [3.63, 3.8) is 0 Å². The van der Waals surface area contributed by atoms with Crippen LogP contribution in [0.15, 0.2) is 0 Å². The van der Waals surface area contributed by atoms with Gasteiger partial charge in [0.1, 0.15) is 0 Å². The van der Waals surface area contributed by atoms with Gasteiger partial charge in [0.2, 0.25) is 0 Å². The highest BCUT2D eigenvalue weighted by Gasteiger charge is 2.50. The lowest BCUT2D eigenvalue weighted by atomic mass is 9.51. The van der Waals surface area contributed by atoms with Crippen LogP contribution in [0.1, 0.15) is 72.1 Å². The van der Waals surface area contributed by atoms with Crippen molar-refractivity contribution in [2.75, 3.05) is 13.1 Å². The zero-order valence-electron chi connectivity index (χ0n) is 13.3. The van der Waals surface area contributed by atoms with Gasteiger partial charge in [-0.1, -0.05) is 46.5 Å². The predicted octanol–water partition coefficient (Wildman–Crippen LogP) is 4.62. The fraction of sp³-hybridized carbons (Fsp3) is 1.00. The van der Waals surface area contributed by atoms with E-state index in [9.17, 15) is 0 Å². The zero-order valence-corrected chi connectivity index (χ0v) is 13.3. The quantitative estimate of drug-likeness (QED) is 0.728. The Bertz CT molecular complexity index is 316. The molecule has 0 amide bonds. The fourth-order valence-corrected chi connectivity index (χ4v) is 6.30. The highest BCUT2D eigenvalue weighted by Crippen LogP contribution is 2.58. The van der Waals surface area contributed by atoms with Crippen molar-refractivity contribution in [1.82, 2.24) is 5.32 Å². The van der Waals surface area contributed by atoms with Gasteiger partial charge in [-0.05, 0) is 67.4 Å². The minimum absolute atomic E-state index is 0.575. The third-order valence-electron chi connectivity index (χ3n) is 6.41. The second kappa shape index (κ2) is 5.06. The van der Waals surface area contributed by atoms with Gasteiger partial charge in [0.25, 0.3) is 0 Å². The molecule has 3 rings (SSSR count). The molecule has 1 heteroatoms. The van der Waals surface area contributed by atoms with E-state index in [1.54, 1.807) is 0 Å². The topological polar surface area (TPSA) is 12.0 Å². The number of hydrogen-bond acceptors (Lipinski definition) is 1. The minimum Gasteiger partial charge on any atom is -0.316 e. The molecular weight excluding hydrogens is 230 g/mol. The Kier molecular flexibility index (Phi) is 3.71. The number of hydrogen-bond donors (Lipinski definition) is 1. The molecular formula is C18H33N. The van der Waals surface area contributed by atoms with Crippen molar-refractivity contribution in [2.45, 2.75) is 72.1 Å². The molecule has 1 heterocycles. The molecule has 2 saturated carbocycles. The Hall–Kier alpha value is -0.0400. The standard InChI is InChI=1S/C18H33N/c1-14-10-17(2,3)13-18(11-14)8-9-19-12-16(18)15-6-4-5-7-15/h14-16,19H,4-13H2,1-3H3. The van der Waals surface area contributed by atoms with Crippen LogP contribution < -0.4 is 5.32 Å². The Morgan fingerprint density at radius 2 is 1.79 bits per heavy atom. The molecule has 1 spiro atoms. The van der Waals surface area contributed by atoms with E-state index in [1.165, 1.54) is 64.5 Å². The van der Waals surface area contributed by atoms with Crippen LogP contribution >= 0.6 is 0 Å². The van der Waals surface area contributed by atoms with Crippen LogP contribution in [0.3, 0.4) is 0 Å². The second-order valence-electron chi connectivity index (χ2n) is 8.82. The van der Waals surface area contributed by atoms with Crippen LogP contribution in [-0.2, 0) is 0 Å². The molecule has 0 radical (unpaired) electrons. The van der Waals surface area contributed by atoms with Crippen molar-refractivity contribution in [3.8, 4) is 0 Å². The third kappa shape index (κ3) is 2.73. The summed E-state index contributed by atoms with van der Waals surface area (Å²) in [5.41, 5.74) is 1.26. The molecule has 110 valence electrons. The van der Waals surface area contributed by atoms with E-state index in [2.05, 4.69) is 26.1 Å². The summed E-state index contributed by atoms with van der Waals surface area (Å²) in [6.07, 6.45) is 11.9. The molecule has 1 saturated heterocycles. The van der Waals surface area contributed by atoms with Crippen LogP contribution in [0, 0.1) is 28.6 Å². The average molecular weight is 263 g/mol. The molecule has 0 bridgehead atoms. The Morgan fingerprint density at radius 1 is 1.05 bits per heavy atom. The first-order valence-electron chi connectivity index (χ1n) is 8.72. The predicted molar refractivity (Wildman–Crippen MR) is 82.2 cm³/mol. The van der Waals surface area contributed by atoms with Gasteiger partial charge in [0.05, 0.1) is 0 Å². The summed E-state index contributed by atoms with van der Waals surface area (Å²) in [6.45, 7) is 10.1. The Labute approximate surface area is 119 Å². The summed E-state index contributed by atoms with van der Waals surface area (Å²) in [5.74, 6) is 2.95. The summed E-state index contributed by atoms with van der Waals surface area (Å²) < 4.78 is 0. The van der Waals surface area contributed by atoms with E-state index in [0.29, 0.717) is 10.8 Å². The summed E-state index contributed by atoms with van der Waals surface area (Å²) in [4.78, 5) is 0. The van der Waals surface area contributed by atoms with Crippen molar-refractivity contribution < 1.29 is 0 Å². The number of nitrogens with one attached hydrogen (secondary N) is 1. The van der Waals surface area contributed by atoms with E-state index in [1.807, 2.05) is 0 Å². The van der Waals surface area contributed by atoms with Gasteiger partial charge in [-0.15, -0.1) is 0 Å². The molecule has 3 atom stereocenters. The van der Waals surface area contributed by atoms with Gasteiger partial charge >= 0.3 is 0 Å². The van der Waals surface area contributed by atoms with Gasteiger partial charge in [0.15, 0.2) is 0 Å². The van der Waals surface area contributed by atoms with E-state index < -0.39 is 0 Å². The lowest BCUT2D eigenvalue weighted by molar-refractivity contribution is -0.0435. The first-order valence-corrected chi connectivity index (χ1v) is 8.72. The third-order valence-corrected chi connectivity index (χ3v) is 6.41. The van der Waals surface area contributed by atoms with Crippen LogP contribution in [0.2, 0.25) is 0 Å². The smallest absolute Gasteiger partial charge is 0.00125 e. The minimum atomic E-state index is 0.575. The molecule has 0 aromatic carbocycles. The number of piperidine rings is 1. The molecule has 1 nitrogen and oxygen atoms in total. The Morgan fingerprint density at radius 3 is 2.47 bits per heavy atom. The summed E-state index contributed by atoms with van der Waals surface area (Å²) >= 11 is 0. The zero-order chi connectivity index (χ0) is 13.5. The molecule has 1 aliphatic heterocycles. The van der Waals surface area contributed by atoms with Crippen LogP contribution in [0.5, 0.6) is 0 Å². The molecule has 19 heavy (non-hydrogen) atoms. The van der Waals surface area contributed by atoms with Crippen LogP contribution in [-0.4, -0.2) is 13.1 Å². The van der Waals surface area contributed by atoms with Gasteiger partial charge in [-0.3, -0.25) is 0 Å². The lowest BCUT2D eigenvalue weighted by Crippen LogP contribution is -2.52. The molecule has 3 unspecified atom stereocenters. The largest absolute Gasteiger partial charge is 0.316 e. The highest BCUT2D eigenvalue weighted by atomic mass is 14.9. The van der Waals surface area contributed by atoms with Gasteiger partial charge in [-0.25, -0.2) is 0 Å². The van der Waals surface area contributed by atoms with Crippen molar-refractivity contribution in [1.29, 1.82) is 0 Å². The molecule has 2 aliphatic carbocycles. The first-order chi connectivity index (χ1) is 9.01. The van der Waals surface area contributed by atoms with E-state index in [-0.39, 0.29) is 0 Å². The number of rotatable bonds is 1. The molecule has 1 N–H and O–H groups in total. The Balaban J connectivity index is 1.84. The second-order valence-corrected chi connectivity index (χ2v) is 8.82. The lowest BCUT2D eigenvalue weighted by Gasteiger charge is -2.55. The van der Waals surface area contributed by atoms with Crippen molar-refractivity contribution in [3.05, 3.63) is 0 Å². The molecule has 0 aromatic heterocycles. The molecule has 3 fully saturated rings. The van der Waals surface area contributed by atoms with Crippen molar-refractivity contribution in [2.24, 2.45) is 28.6 Å². The fourth-order valence-electron chi connectivity index (χ4n) is 6.30. The maximum atomic E-state index is 3.73. The van der Waals surface area contributed by atoms with E-state index in [0.717, 1.165) is 17.8 Å². The van der Waals surface area contributed by atoms with E-state index >= 15 is 0 Å². The monoisotopic (exact) mass is 263 g/mol. The highest BCUT2D eigenvalue weighted by molar-refractivity contribution is 5.01. The maximum Gasteiger partial charge on any atom is -0.00125 e. The maximum absolute atomic E-state index is 3.73. The summed E-state index contributed by atoms with van der Waals surface area (Å²) in [5, 5.41) is 3.73. The van der Waals surface area contributed by atoms with Gasteiger partial charge in [-0.2, -0.15) is 0 Å². The van der Waals surface area contributed by atoms with Gasteiger partial charge in [0, 0.05) is 0 Å².